The first-order valence-electron chi connectivity index (χ1n) is 5.83. The van der Waals surface area contributed by atoms with E-state index in [2.05, 4.69) is 5.32 Å². The van der Waals surface area contributed by atoms with Crippen molar-refractivity contribution in [3.05, 3.63) is 27.7 Å². The normalized spacial score (nSPS) is 11.1. The summed E-state index contributed by atoms with van der Waals surface area (Å²) in [6.07, 6.45) is 0. The minimum absolute atomic E-state index is 0.0334. The molecule has 5 nitrogen and oxygen atoms in total. The van der Waals surface area contributed by atoms with Crippen LogP contribution >= 0.6 is 23.2 Å². The second-order valence-corrected chi connectivity index (χ2v) is 6.07. The number of anilines is 1. The molecule has 0 radical (unpaired) electrons. The zero-order valence-electron chi connectivity index (χ0n) is 11.4. The van der Waals surface area contributed by atoms with Crippen LogP contribution in [0, 0.1) is 0 Å². The predicted octanol–water partition coefficient (Wildman–Crippen LogP) is 2.65. The first kappa shape index (κ1) is 16.6. The van der Waals surface area contributed by atoms with Gasteiger partial charge in [0.1, 0.15) is 0 Å². The molecule has 0 fully saturated rings. The maximum atomic E-state index is 11.8. The Morgan fingerprint density at radius 2 is 1.90 bits per heavy atom. The molecule has 0 atom stereocenters. The zero-order chi connectivity index (χ0) is 15.5. The van der Waals surface area contributed by atoms with Crippen LogP contribution in [0.2, 0.25) is 10.0 Å². The molecule has 1 amide bonds. The molecule has 0 heterocycles. The number of nitrogen functional groups attached to an aromatic ring is 1. The lowest BCUT2D eigenvalue weighted by atomic mass is 10.1. The van der Waals surface area contributed by atoms with Crippen molar-refractivity contribution in [3.63, 3.8) is 0 Å². The second-order valence-electron chi connectivity index (χ2n) is 5.22. The number of nitrogens with one attached hydrogen (secondary N) is 1. The first-order valence-corrected chi connectivity index (χ1v) is 6.58. The summed E-state index contributed by atoms with van der Waals surface area (Å²) in [5.74, 6) is -1.16. The van der Waals surface area contributed by atoms with Crippen molar-refractivity contribution >= 4 is 40.8 Å². The molecule has 110 valence electrons. The van der Waals surface area contributed by atoms with Gasteiger partial charge in [0.25, 0.3) is 5.91 Å². The lowest BCUT2D eigenvalue weighted by Gasteiger charge is -2.20. The third-order valence-electron chi connectivity index (χ3n) is 2.16. The molecule has 0 bridgehead atoms. The molecule has 0 aliphatic rings. The number of benzene rings is 1. The van der Waals surface area contributed by atoms with E-state index < -0.39 is 24.0 Å². The van der Waals surface area contributed by atoms with E-state index in [1.807, 2.05) is 20.8 Å². The molecule has 0 aromatic heterocycles. The highest BCUT2D eigenvalue weighted by Crippen LogP contribution is 2.27. The topological polar surface area (TPSA) is 81.4 Å². The van der Waals surface area contributed by atoms with Gasteiger partial charge in [-0.3, -0.25) is 4.79 Å². The van der Waals surface area contributed by atoms with Gasteiger partial charge in [-0.2, -0.15) is 0 Å². The molecular formula is C13H16Cl2N2O3. The number of carbonyl (C=O) groups is 2. The van der Waals surface area contributed by atoms with E-state index in [9.17, 15) is 9.59 Å². The van der Waals surface area contributed by atoms with Crippen LogP contribution in [0.25, 0.3) is 0 Å². The highest BCUT2D eigenvalue weighted by atomic mass is 35.5. The number of hydrogen-bond acceptors (Lipinski definition) is 4. The maximum Gasteiger partial charge on any atom is 0.340 e. The molecule has 0 unspecified atom stereocenters. The van der Waals surface area contributed by atoms with Crippen LogP contribution < -0.4 is 11.1 Å². The fourth-order valence-corrected chi connectivity index (χ4v) is 1.91. The van der Waals surface area contributed by atoms with Crippen LogP contribution in [0.1, 0.15) is 31.1 Å². The number of hydrogen-bond donors (Lipinski definition) is 2. The van der Waals surface area contributed by atoms with Crippen LogP contribution in [0.4, 0.5) is 5.69 Å². The molecule has 0 aliphatic heterocycles. The smallest absolute Gasteiger partial charge is 0.340 e. The minimum Gasteiger partial charge on any atom is -0.452 e. The van der Waals surface area contributed by atoms with Gasteiger partial charge in [-0.15, -0.1) is 0 Å². The Morgan fingerprint density at radius 3 is 2.45 bits per heavy atom. The Kier molecular flexibility index (Phi) is 5.25. The summed E-state index contributed by atoms with van der Waals surface area (Å²) in [5, 5.41) is 3.08. The Labute approximate surface area is 127 Å². The van der Waals surface area contributed by atoms with Gasteiger partial charge in [0.2, 0.25) is 0 Å². The number of halogens is 2. The maximum absolute atomic E-state index is 11.8. The zero-order valence-corrected chi connectivity index (χ0v) is 12.9. The first-order chi connectivity index (χ1) is 9.10. The molecule has 0 spiro atoms. The van der Waals surface area contributed by atoms with E-state index in [0.29, 0.717) is 0 Å². The van der Waals surface area contributed by atoms with E-state index >= 15 is 0 Å². The van der Waals surface area contributed by atoms with Crippen molar-refractivity contribution in [2.45, 2.75) is 26.3 Å². The summed E-state index contributed by atoms with van der Waals surface area (Å²) in [6, 6.07) is 2.76. The average molecular weight is 319 g/mol. The summed E-state index contributed by atoms with van der Waals surface area (Å²) in [6.45, 7) is 5.06. The second kappa shape index (κ2) is 6.33. The van der Waals surface area contributed by atoms with E-state index in [4.69, 9.17) is 33.7 Å². The molecule has 1 rings (SSSR count). The molecule has 0 saturated heterocycles. The van der Waals surface area contributed by atoms with Crippen molar-refractivity contribution in [2.24, 2.45) is 0 Å². The summed E-state index contributed by atoms with van der Waals surface area (Å²) < 4.78 is 4.88. The highest BCUT2D eigenvalue weighted by molar-refractivity contribution is 6.37. The van der Waals surface area contributed by atoms with Crippen LogP contribution in [0.5, 0.6) is 0 Å². The van der Waals surface area contributed by atoms with Crippen LogP contribution in [-0.4, -0.2) is 24.0 Å². The van der Waals surface area contributed by atoms with Gasteiger partial charge in [-0.05, 0) is 32.9 Å². The van der Waals surface area contributed by atoms with Gasteiger partial charge in [-0.1, -0.05) is 23.2 Å². The van der Waals surface area contributed by atoms with Gasteiger partial charge in [0.15, 0.2) is 6.61 Å². The molecular weight excluding hydrogens is 303 g/mol. The van der Waals surface area contributed by atoms with Crippen LogP contribution in [-0.2, 0) is 9.53 Å². The summed E-state index contributed by atoms with van der Waals surface area (Å²) in [7, 11) is 0. The lowest BCUT2D eigenvalue weighted by molar-refractivity contribution is -0.125. The van der Waals surface area contributed by atoms with Crippen LogP contribution in [0.15, 0.2) is 12.1 Å². The Balaban J connectivity index is 2.71. The van der Waals surface area contributed by atoms with E-state index in [0.717, 1.165) is 0 Å². The molecule has 3 N–H and O–H groups in total. The Morgan fingerprint density at radius 1 is 1.30 bits per heavy atom. The van der Waals surface area contributed by atoms with E-state index in [-0.39, 0.29) is 21.3 Å². The van der Waals surface area contributed by atoms with Crippen molar-refractivity contribution < 1.29 is 14.3 Å². The quantitative estimate of drug-likeness (QED) is 0.663. The van der Waals surface area contributed by atoms with Gasteiger partial charge in [0.05, 0.1) is 16.3 Å². The monoisotopic (exact) mass is 318 g/mol. The molecule has 20 heavy (non-hydrogen) atoms. The fourth-order valence-electron chi connectivity index (χ4n) is 1.42. The number of rotatable bonds is 3. The largest absolute Gasteiger partial charge is 0.452 e. The van der Waals surface area contributed by atoms with Crippen molar-refractivity contribution in [2.75, 3.05) is 12.3 Å². The van der Waals surface area contributed by atoms with E-state index in [1.165, 1.54) is 12.1 Å². The predicted molar refractivity (Wildman–Crippen MR) is 79.1 cm³/mol. The number of carbonyl (C=O) groups excluding carboxylic acids is 2. The molecule has 0 saturated carbocycles. The van der Waals surface area contributed by atoms with Crippen molar-refractivity contribution in [3.8, 4) is 0 Å². The summed E-state index contributed by atoms with van der Waals surface area (Å²) in [5.41, 5.74) is 5.37. The summed E-state index contributed by atoms with van der Waals surface area (Å²) >= 11 is 11.6. The minimum atomic E-state index is -0.754. The molecule has 1 aromatic rings. The van der Waals surface area contributed by atoms with Gasteiger partial charge in [0, 0.05) is 10.6 Å². The SMILES string of the molecule is CC(C)(C)NC(=O)COC(=O)c1cc(Cl)cc(Cl)c1N. The lowest BCUT2D eigenvalue weighted by Crippen LogP contribution is -2.42. The van der Waals surface area contributed by atoms with Gasteiger partial charge in [-0.25, -0.2) is 4.79 Å². The van der Waals surface area contributed by atoms with Crippen molar-refractivity contribution in [1.82, 2.24) is 5.32 Å². The third-order valence-corrected chi connectivity index (χ3v) is 2.69. The standard InChI is InChI=1S/C13H16Cl2N2O3/c1-13(2,3)17-10(18)6-20-12(19)8-4-7(14)5-9(15)11(8)16/h4-5H,6,16H2,1-3H3,(H,17,18). The number of amides is 1. The molecule has 0 aliphatic carbocycles. The summed E-state index contributed by atoms with van der Waals surface area (Å²) in [4.78, 5) is 23.4. The average Bonchev–Trinajstić information content (AvgIpc) is 2.28. The van der Waals surface area contributed by atoms with Crippen molar-refractivity contribution in [1.29, 1.82) is 0 Å². The molecule has 7 heteroatoms. The number of ether oxygens (including phenoxy) is 1. The van der Waals surface area contributed by atoms with Crippen LogP contribution in [0.3, 0.4) is 0 Å². The van der Waals surface area contributed by atoms with Gasteiger partial charge < -0.3 is 15.8 Å². The number of esters is 1. The highest BCUT2D eigenvalue weighted by Gasteiger charge is 2.18. The fraction of sp³-hybridized carbons (Fsp3) is 0.385. The Hall–Kier alpha value is -1.46. The molecule has 1 aromatic carbocycles. The van der Waals surface area contributed by atoms with Gasteiger partial charge >= 0.3 is 5.97 Å². The Bertz CT molecular complexity index is 539. The van der Waals surface area contributed by atoms with E-state index in [1.54, 1.807) is 0 Å². The third kappa shape index (κ3) is 4.90. The number of nitrogens with two attached hydrogens (primary N) is 1.